The summed E-state index contributed by atoms with van der Waals surface area (Å²) in [5.41, 5.74) is 1.77. The second-order valence-corrected chi connectivity index (χ2v) is 4.65. The van der Waals surface area contributed by atoms with E-state index < -0.39 is 0 Å². The molecule has 2 rings (SSSR count). The first-order valence-electron chi connectivity index (χ1n) is 6.31. The molecular formula is C14H17ClN4O. The van der Waals surface area contributed by atoms with Gasteiger partial charge in [-0.3, -0.25) is 4.98 Å². The Hall–Kier alpha value is -2.01. The van der Waals surface area contributed by atoms with Crippen LogP contribution in [0.4, 0.5) is 17.3 Å². The maximum atomic E-state index is 6.09. The Kier molecular flexibility index (Phi) is 4.63. The number of anilines is 3. The van der Waals surface area contributed by atoms with Crippen LogP contribution in [0.5, 0.6) is 5.75 Å². The van der Waals surface area contributed by atoms with E-state index in [1.807, 2.05) is 19.9 Å². The number of benzene rings is 1. The molecule has 5 nitrogen and oxygen atoms in total. The Morgan fingerprint density at radius 1 is 1.25 bits per heavy atom. The van der Waals surface area contributed by atoms with E-state index in [1.165, 1.54) is 0 Å². The molecule has 1 heterocycles. The lowest BCUT2D eigenvalue weighted by molar-refractivity contribution is 0.416. The van der Waals surface area contributed by atoms with E-state index in [4.69, 9.17) is 16.3 Å². The van der Waals surface area contributed by atoms with Crippen LogP contribution in [-0.2, 0) is 0 Å². The van der Waals surface area contributed by atoms with Crippen molar-refractivity contribution in [3.8, 4) is 5.75 Å². The van der Waals surface area contributed by atoms with Gasteiger partial charge in [-0.15, -0.1) is 0 Å². The van der Waals surface area contributed by atoms with Crippen LogP contribution >= 0.6 is 11.6 Å². The first kappa shape index (κ1) is 14.4. The first-order chi connectivity index (χ1) is 9.63. The average Bonchev–Trinajstić information content (AvgIpc) is 2.43. The number of hydrogen-bond donors (Lipinski definition) is 2. The van der Waals surface area contributed by atoms with Gasteiger partial charge in [0, 0.05) is 17.6 Å². The molecule has 0 saturated carbocycles. The SMILES string of the molecule is CCNc1cncc(Nc2cc(C)c(Cl)cc2OC)n1. The third-order valence-electron chi connectivity index (χ3n) is 2.74. The number of rotatable bonds is 5. The summed E-state index contributed by atoms with van der Waals surface area (Å²) in [6.45, 7) is 4.74. The zero-order chi connectivity index (χ0) is 14.5. The molecule has 6 heteroatoms. The quantitative estimate of drug-likeness (QED) is 0.881. The van der Waals surface area contributed by atoms with Crippen LogP contribution in [0.15, 0.2) is 24.5 Å². The largest absolute Gasteiger partial charge is 0.495 e. The van der Waals surface area contributed by atoms with Crippen LogP contribution in [0, 0.1) is 6.92 Å². The van der Waals surface area contributed by atoms with E-state index >= 15 is 0 Å². The van der Waals surface area contributed by atoms with Gasteiger partial charge in [-0.2, -0.15) is 0 Å². The van der Waals surface area contributed by atoms with E-state index in [1.54, 1.807) is 25.6 Å². The van der Waals surface area contributed by atoms with E-state index in [9.17, 15) is 0 Å². The summed E-state index contributed by atoms with van der Waals surface area (Å²) in [7, 11) is 1.60. The van der Waals surface area contributed by atoms with Gasteiger partial charge in [0.05, 0.1) is 25.2 Å². The number of nitrogens with zero attached hydrogens (tertiary/aromatic N) is 2. The predicted octanol–water partition coefficient (Wildman–Crippen LogP) is 3.62. The number of halogens is 1. The number of aromatic nitrogens is 2. The average molecular weight is 293 g/mol. The molecule has 1 aromatic heterocycles. The highest BCUT2D eigenvalue weighted by atomic mass is 35.5. The molecule has 0 fully saturated rings. The highest BCUT2D eigenvalue weighted by Crippen LogP contribution is 2.32. The van der Waals surface area contributed by atoms with Crippen molar-refractivity contribution >= 4 is 28.9 Å². The Bertz CT molecular complexity index is 604. The lowest BCUT2D eigenvalue weighted by atomic mass is 10.2. The van der Waals surface area contributed by atoms with E-state index in [0.29, 0.717) is 16.6 Å². The maximum Gasteiger partial charge on any atom is 0.151 e. The Labute approximate surface area is 123 Å². The highest BCUT2D eigenvalue weighted by Gasteiger charge is 2.08. The van der Waals surface area contributed by atoms with E-state index in [2.05, 4.69) is 20.6 Å². The van der Waals surface area contributed by atoms with Crippen molar-refractivity contribution in [2.75, 3.05) is 24.3 Å². The van der Waals surface area contributed by atoms with Crippen LogP contribution in [0.3, 0.4) is 0 Å². The van der Waals surface area contributed by atoms with Crippen molar-refractivity contribution in [2.24, 2.45) is 0 Å². The molecule has 20 heavy (non-hydrogen) atoms. The highest BCUT2D eigenvalue weighted by molar-refractivity contribution is 6.31. The lowest BCUT2D eigenvalue weighted by Crippen LogP contribution is -2.03. The van der Waals surface area contributed by atoms with Crippen LogP contribution in [0.2, 0.25) is 5.02 Å². The minimum absolute atomic E-state index is 0.642. The third kappa shape index (κ3) is 3.30. The monoisotopic (exact) mass is 292 g/mol. The van der Waals surface area contributed by atoms with Crippen LogP contribution < -0.4 is 15.4 Å². The molecule has 2 N–H and O–H groups in total. The summed E-state index contributed by atoms with van der Waals surface area (Å²) < 4.78 is 5.32. The molecule has 0 saturated heterocycles. The van der Waals surface area contributed by atoms with Crippen LogP contribution in [-0.4, -0.2) is 23.6 Å². The number of ether oxygens (including phenoxy) is 1. The number of nitrogens with one attached hydrogen (secondary N) is 2. The zero-order valence-electron chi connectivity index (χ0n) is 11.7. The van der Waals surface area contributed by atoms with Crippen LogP contribution in [0.1, 0.15) is 12.5 Å². The molecule has 106 valence electrons. The minimum Gasteiger partial charge on any atom is -0.495 e. The molecule has 0 bridgehead atoms. The van der Waals surface area contributed by atoms with Crippen LogP contribution in [0.25, 0.3) is 0 Å². The fourth-order valence-corrected chi connectivity index (χ4v) is 1.91. The molecule has 0 radical (unpaired) electrons. The predicted molar refractivity (Wildman–Crippen MR) is 82.2 cm³/mol. The summed E-state index contributed by atoms with van der Waals surface area (Å²) in [5.74, 6) is 2.03. The van der Waals surface area contributed by atoms with Gasteiger partial charge < -0.3 is 15.4 Å². The normalized spacial score (nSPS) is 10.2. The van der Waals surface area contributed by atoms with Crippen molar-refractivity contribution in [3.05, 3.63) is 35.1 Å². The summed E-state index contributed by atoms with van der Waals surface area (Å²) in [6, 6.07) is 3.70. The Balaban J connectivity index is 2.29. The second kappa shape index (κ2) is 6.43. The van der Waals surface area contributed by atoms with Crippen molar-refractivity contribution in [1.82, 2.24) is 9.97 Å². The third-order valence-corrected chi connectivity index (χ3v) is 3.14. The number of methoxy groups -OCH3 is 1. The number of aryl methyl sites for hydroxylation is 1. The van der Waals surface area contributed by atoms with Gasteiger partial charge in [0.2, 0.25) is 0 Å². The van der Waals surface area contributed by atoms with Gasteiger partial charge in [0.25, 0.3) is 0 Å². The fraction of sp³-hybridized carbons (Fsp3) is 0.286. The molecule has 0 aliphatic heterocycles. The molecule has 0 spiro atoms. The molecular weight excluding hydrogens is 276 g/mol. The van der Waals surface area contributed by atoms with Gasteiger partial charge >= 0.3 is 0 Å². The minimum atomic E-state index is 0.642. The summed E-state index contributed by atoms with van der Waals surface area (Å²) in [6.07, 6.45) is 3.34. The molecule has 0 unspecified atom stereocenters. The summed E-state index contributed by atoms with van der Waals surface area (Å²) in [5, 5.41) is 6.98. The first-order valence-corrected chi connectivity index (χ1v) is 6.69. The van der Waals surface area contributed by atoms with E-state index in [-0.39, 0.29) is 0 Å². The number of hydrogen-bond acceptors (Lipinski definition) is 5. The smallest absolute Gasteiger partial charge is 0.151 e. The second-order valence-electron chi connectivity index (χ2n) is 4.25. The van der Waals surface area contributed by atoms with Gasteiger partial charge in [0.1, 0.15) is 11.6 Å². The summed E-state index contributed by atoms with van der Waals surface area (Å²) in [4.78, 5) is 8.55. The Morgan fingerprint density at radius 3 is 2.70 bits per heavy atom. The maximum absolute atomic E-state index is 6.09. The molecule has 0 amide bonds. The van der Waals surface area contributed by atoms with Crippen molar-refractivity contribution in [2.45, 2.75) is 13.8 Å². The molecule has 1 aromatic carbocycles. The Morgan fingerprint density at radius 2 is 2.00 bits per heavy atom. The molecule has 0 aliphatic rings. The van der Waals surface area contributed by atoms with Gasteiger partial charge in [-0.05, 0) is 25.5 Å². The van der Waals surface area contributed by atoms with Gasteiger partial charge in [0.15, 0.2) is 5.82 Å². The van der Waals surface area contributed by atoms with Crippen molar-refractivity contribution < 1.29 is 4.74 Å². The summed E-state index contributed by atoms with van der Waals surface area (Å²) >= 11 is 6.09. The van der Waals surface area contributed by atoms with Gasteiger partial charge in [-0.25, -0.2) is 4.98 Å². The van der Waals surface area contributed by atoms with Gasteiger partial charge in [-0.1, -0.05) is 11.6 Å². The van der Waals surface area contributed by atoms with Crippen molar-refractivity contribution in [1.29, 1.82) is 0 Å². The molecule has 2 aromatic rings. The molecule has 0 aliphatic carbocycles. The van der Waals surface area contributed by atoms with Crippen molar-refractivity contribution in [3.63, 3.8) is 0 Å². The fourth-order valence-electron chi connectivity index (χ4n) is 1.76. The zero-order valence-corrected chi connectivity index (χ0v) is 12.5. The standard InChI is InChI=1S/C14H17ClN4O/c1-4-17-13-7-16-8-14(19-13)18-11-5-9(2)10(15)6-12(11)20-3/h5-8H,4H2,1-3H3,(H2,17,18,19). The topological polar surface area (TPSA) is 59.1 Å². The van der Waals surface area contributed by atoms with E-state index in [0.717, 1.165) is 23.6 Å². The molecule has 0 atom stereocenters. The lowest BCUT2D eigenvalue weighted by Gasteiger charge is -2.13.